The van der Waals surface area contributed by atoms with Gasteiger partial charge in [0, 0.05) is 0 Å². The van der Waals surface area contributed by atoms with Crippen molar-refractivity contribution in [2.75, 3.05) is 0 Å². The van der Waals surface area contributed by atoms with E-state index in [1.165, 1.54) is 25.7 Å². The van der Waals surface area contributed by atoms with Crippen molar-refractivity contribution in [2.24, 2.45) is 11.8 Å². The fourth-order valence-corrected chi connectivity index (χ4v) is 2.11. The van der Waals surface area contributed by atoms with Crippen molar-refractivity contribution in [3.05, 3.63) is 11.6 Å². The molecule has 0 saturated heterocycles. The summed E-state index contributed by atoms with van der Waals surface area (Å²) in [5.41, 5.74) is 0.985. The highest BCUT2D eigenvalue weighted by molar-refractivity contribution is 5.72. The van der Waals surface area contributed by atoms with Crippen LogP contribution in [-0.4, -0.2) is 6.29 Å². The molecule has 0 amide bonds. The average molecular weight is 180 g/mol. The van der Waals surface area contributed by atoms with Crippen LogP contribution in [0.4, 0.5) is 0 Å². The van der Waals surface area contributed by atoms with Gasteiger partial charge in [0.2, 0.25) is 0 Å². The molecule has 1 saturated carbocycles. The van der Waals surface area contributed by atoms with Gasteiger partial charge in [-0.3, -0.25) is 4.79 Å². The number of hydrogen-bond acceptors (Lipinski definition) is 1. The van der Waals surface area contributed by atoms with Gasteiger partial charge in [-0.25, -0.2) is 0 Å². The topological polar surface area (TPSA) is 17.1 Å². The van der Waals surface area contributed by atoms with Crippen LogP contribution in [0.2, 0.25) is 0 Å². The highest BCUT2D eigenvalue weighted by Gasteiger charge is 2.19. The van der Waals surface area contributed by atoms with Crippen molar-refractivity contribution < 1.29 is 4.79 Å². The second kappa shape index (κ2) is 5.21. The smallest absolute Gasteiger partial charge is 0.145 e. The van der Waals surface area contributed by atoms with Crippen molar-refractivity contribution >= 4 is 6.29 Å². The molecule has 1 fully saturated rings. The maximum absolute atomic E-state index is 10.6. The standard InChI is InChI=1S/C12H20O/c1-3-11(9-13)8-12-7-5-4-6-10(12)2/h8-10,12H,3-7H2,1-2H3/b11-8-. The summed E-state index contributed by atoms with van der Waals surface area (Å²) in [4.78, 5) is 10.6. The Bertz CT molecular complexity index is 193. The molecule has 1 nitrogen and oxygen atoms in total. The normalized spacial score (nSPS) is 30.2. The summed E-state index contributed by atoms with van der Waals surface area (Å²) < 4.78 is 0. The molecule has 13 heavy (non-hydrogen) atoms. The van der Waals surface area contributed by atoms with E-state index in [4.69, 9.17) is 0 Å². The van der Waals surface area contributed by atoms with Crippen molar-refractivity contribution in [3.8, 4) is 0 Å². The highest BCUT2D eigenvalue weighted by Crippen LogP contribution is 2.31. The first-order valence-corrected chi connectivity index (χ1v) is 5.43. The zero-order chi connectivity index (χ0) is 9.68. The molecule has 1 rings (SSSR count). The van der Waals surface area contributed by atoms with Crippen molar-refractivity contribution in [2.45, 2.75) is 46.0 Å². The third kappa shape index (κ3) is 2.98. The number of hydrogen-bond donors (Lipinski definition) is 0. The number of allylic oxidation sites excluding steroid dienone is 2. The maximum Gasteiger partial charge on any atom is 0.145 e. The van der Waals surface area contributed by atoms with Crippen LogP contribution in [0.1, 0.15) is 46.0 Å². The molecule has 0 aliphatic heterocycles. The third-order valence-corrected chi connectivity index (χ3v) is 3.17. The zero-order valence-electron chi connectivity index (χ0n) is 8.75. The molecule has 0 bridgehead atoms. The fraction of sp³-hybridized carbons (Fsp3) is 0.750. The summed E-state index contributed by atoms with van der Waals surface area (Å²) in [5.74, 6) is 1.43. The maximum atomic E-state index is 10.6. The quantitative estimate of drug-likeness (QED) is 0.481. The predicted molar refractivity (Wildman–Crippen MR) is 55.6 cm³/mol. The van der Waals surface area contributed by atoms with Gasteiger partial charge in [-0.1, -0.05) is 39.2 Å². The Kier molecular flexibility index (Phi) is 4.20. The number of carbonyl (C=O) groups excluding carboxylic acids is 1. The van der Waals surface area contributed by atoms with Crippen molar-refractivity contribution in [3.63, 3.8) is 0 Å². The van der Waals surface area contributed by atoms with Gasteiger partial charge >= 0.3 is 0 Å². The summed E-state index contributed by atoms with van der Waals surface area (Å²) in [6.07, 6.45) is 9.41. The molecule has 0 N–H and O–H groups in total. The van der Waals surface area contributed by atoms with E-state index in [0.29, 0.717) is 5.92 Å². The highest BCUT2D eigenvalue weighted by atomic mass is 16.1. The van der Waals surface area contributed by atoms with Gasteiger partial charge in [0.25, 0.3) is 0 Å². The van der Waals surface area contributed by atoms with Crippen molar-refractivity contribution in [1.29, 1.82) is 0 Å². The van der Waals surface area contributed by atoms with Crippen LogP contribution in [0.3, 0.4) is 0 Å². The van der Waals surface area contributed by atoms with Crippen LogP contribution in [0.15, 0.2) is 11.6 Å². The molecule has 0 aromatic heterocycles. The number of carbonyl (C=O) groups is 1. The van der Waals surface area contributed by atoms with Crippen LogP contribution in [0.5, 0.6) is 0 Å². The first-order chi connectivity index (χ1) is 6.27. The first-order valence-electron chi connectivity index (χ1n) is 5.43. The van der Waals surface area contributed by atoms with E-state index >= 15 is 0 Å². The van der Waals surface area contributed by atoms with Crippen LogP contribution < -0.4 is 0 Å². The molecule has 0 heterocycles. The lowest BCUT2D eigenvalue weighted by atomic mass is 9.79. The van der Waals surface area contributed by atoms with Gasteiger partial charge in [-0.05, 0) is 30.3 Å². The largest absolute Gasteiger partial charge is 0.298 e. The molecule has 2 unspecified atom stereocenters. The summed E-state index contributed by atoms with van der Waals surface area (Å²) in [6.45, 7) is 4.35. The van der Waals surface area contributed by atoms with E-state index in [1.54, 1.807) is 0 Å². The minimum atomic E-state index is 0.661. The third-order valence-electron chi connectivity index (χ3n) is 3.17. The van der Waals surface area contributed by atoms with E-state index in [1.807, 2.05) is 6.92 Å². The first kappa shape index (κ1) is 10.5. The van der Waals surface area contributed by atoms with E-state index in [0.717, 1.165) is 24.2 Å². The van der Waals surface area contributed by atoms with Crippen molar-refractivity contribution in [1.82, 2.24) is 0 Å². The molecule has 1 aliphatic rings. The zero-order valence-corrected chi connectivity index (χ0v) is 8.75. The summed E-state index contributed by atoms with van der Waals surface area (Å²) in [5, 5.41) is 0. The molecule has 0 spiro atoms. The van der Waals surface area contributed by atoms with E-state index in [2.05, 4.69) is 13.0 Å². The molecule has 1 aliphatic carbocycles. The Hall–Kier alpha value is -0.590. The van der Waals surface area contributed by atoms with Crippen LogP contribution in [0.25, 0.3) is 0 Å². The molecule has 1 heteroatoms. The molecule has 2 atom stereocenters. The van der Waals surface area contributed by atoms with Gasteiger partial charge in [-0.2, -0.15) is 0 Å². The lowest BCUT2D eigenvalue weighted by Gasteiger charge is -2.26. The SMILES string of the molecule is CC/C(C=O)=C/C1CCCCC1C. The Morgan fingerprint density at radius 2 is 2.08 bits per heavy atom. The Labute approximate surface area is 81.2 Å². The van der Waals surface area contributed by atoms with Crippen LogP contribution in [0, 0.1) is 11.8 Å². The molecular weight excluding hydrogens is 160 g/mol. The van der Waals surface area contributed by atoms with Gasteiger partial charge in [0.15, 0.2) is 0 Å². The second-order valence-corrected chi connectivity index (χ2v) is 4.14. The predicted octanol–water partition coefficient (Wildman–Crippen LogP) is 3.35. The van der Waals surface area contributed by atoms with Gasteiger partial charge < -0.3 is 0 Å². The number of aldehydes is 1. The summed E-state index contributed by atoms with van der Waals surface area (Å²) in [7, 11) is 0. The fourth-order valence-electron chi connectivity index (χ4n) is 2.11. The lowest BCUT2D eigenvalue weighted by Crippen LogP contribution is -2.15. The number of rotatable bonds is 3. The Morgan fingerprint density at radius 3 is 2.62 bits per heavy atom. The minimum Gasteiger partial charge on any atom is -0.298 e. The Morgan fingerprint density at radius 1 is 1.38 bits per heavy atom. The van der Waals surface area contributed by atoms with Gasteiger partial charge in [0.05, 0.1) is 0 Å². The minimum absolute atomic E-state index is 0.661. The lowest BCUT2D eigenvalue weighted by molar-refractivity contribution is -0.105. The van der Waals surface area contributed by atoms with E-state index in [9.17, 15) is 4.79 Å². The summed E-state index contributed by atoms with van der Waals surface area (Å²) in [6, 6.07) is 0. The Balaban J connectivity index is 2.58. The molecule has 0 aromatic carbocycles. The second-order valence-electron chi connectivity index (χ2n) is 4.14. The van der Waals surface area contributed by atoms with E-state index < -0.39 is 0 Å². The van der Waals surface area contributed by atoms with Crippen LogP contribution in [-0.2, 0) is 4.79 Å². The monoisotopic (exact) mass is 180 g/mol. The summed E-state index contributed by atoms with van der Waals surface area (Å²) >= 11 is 0. The molecule has 0 aromatic rings. The van der Waals surface area contributed by atoms with Gasteiger partial charge in [0.1, 0.15) is 6.29 Å². The van der Waals surface area contributed by atoms with Gasteiger partial charge in [-0.15, -0.1) is 0 Å². The average Bonchev–Trinajstić information content (AvgIpc) is 2.17. The molecular formula is C12H20O. The van der Waals surface area contributed by atoms with Crippen LogP contribution >= 0.6 is 0 Å². The molecule has 74 valence electrons. The molecule has 0 radical (unpaired) electrons. The van der Waals surface area contributed by atoms with E-state index in [-0.39, 0.29) is 0 Å².